The molecule has 9 rings (SSSR count). The highest BCUT2D eigenvalue weighted by atomic mass is 35.5. The van der Waals surface area contributed by atoms with Crippen LogP contribution in [0.4, 0.5) is 19.0 Å². The van der Waals surface area contributed by atoms with Gasteiger partial charge in [0.15, 0.2) is 5.82 Å². The van der Waals surface area contributed by atoms with Gasteiger partial charge in [-0.2, -0.15) is 18.2 Å². The van der Waals surface area contributed by atoms with Crippen LogP contribution in [0.25, 0.3) is 10.8 Å². The Balaban J connectivity index is 1.24. The van der Waals surface area contributed by atoms with Crippen LogP contribution in [0.2, 0.25) is 10.0 Å². The minimum Gasteiger partial charge on any atom is -0.507 e. The minimum absolute atomic E-state index is 0.00949. The van der Waals surface area contributed by atoms with Crippen LogP contribution in [0.5, 0.6) is 5.75 Å². The van der Waals surface area contributed by atoms with Crippen LogP contribution < -0.4 is 5.43 Å². The van der Waals surface area contributed by atoms with Gasteiger partial charge in [-0.3, -0.25) is 29.5 Å². The second-order valence-electron chi connectivity index (χ2n) is 14.9. The van der Waals surface area contributed by atoms with Crippen molar-refractivity contribution < 1.29 is 37.5 Å². The third-order valence-electron chi connectivity index (χ3n) is 12.1. The summed E-state index contributed by atoms with van der Waals surface area (Å²) in [5.74, 6) is -6.84. The zero-order valence-corrected chi connectivity index (χ0v) is 31.2. The average molecular weight is 812 g/mol. The largest absolute Gasteiger partial charge is 0.507 e. The standard InChI is InChI=1S/C43H31Cl2F3N4O5/c44-25-12-10-23(11-13-25)42-32(39(55)52(41(42)57)50-37-33(45)18-24(20-49-37)43(46,47)48)19-31-29(36(42)28-16-17-34(53)27-9-5-4-8-26(27)28)14-15-30-35(31)40(56)51(38(30)54)21-22-6-2-1-3-7-22/h1-14,16-18,20,30-32,35-36,53H,15,19,21H2,(H,49,50). The van der Waals surface area contributed by atoms with E-state index < -0.39 is 63.6 Å². The Morgan fingerprint density at radius 2 is 1.54 bits per heavy atom. The summed E-state index contributed by atoms with van der Waals surface area (Å²) >= 11 is 12.7. The van der Waals surface area contributed by atoms with Crippen LogP contribution in [0.3, 0.4) is 0 Å². The fraction of sp³-hybridized carbons (Fsp3) is 0.233. The highest BCUT2D eigenvalue weighted by Crippen LogP contribution is 2.65. The zero-order chi connectivity index (χ0) is 40.0. The van der Waals surface area contributed by atoms with Gasteiger partial charge < -0.3 is 5.11 Å². The van der Waals surface area contributed by atoms with Gasteiger partial charge >= 0.3 is 6.18 Å². The number of halogens is 5. The van der Waals surface area contributed by atoms with Gasteiger partial charge in [-0.15, -0.1) is 0 Å². The molecule has 3 fully saturated rings. The third-order valence-corrected chi connectivity index (χ3v) is 12.6. The molecule has 14 heteroatoms. The second kappa shape index (κ2) is 13.5. The Hall–Kier alpha value is -5.72. The Bertz CT molecular complexity index is 2550. The maximum absolute atomic E-state index is 15.5. The Morgan fingerprint density at radius 1 is 0.842 bits per heavy atom. The number of carbonyl (C=O) groups is 4. The van der Waals surface area contributed by atoms with E-state index in [0.717, 1.165) is 10.6 Å². The lowest BCUT2D eigenvalue weighted by Gasteiger charge is -2.51. The van der Waals surface area contributed by atoms with Crippen LogP contribution in [0, 0.1) is 23.7 Å². The summed E-state index contributed by atoms with van der Waals surface area (Å²) in [6.07, 6.45) is -2.09. The molecule has 2 aliphatic heterocycles. The molecule has 57 heavy (non-hydrogen) atoms. The second-order valence-corrected chi connectivity index (χ2v) is 15.7. The number of fused-ring (bicyclic) bond motifs is 5. The summed E-state index contributed by atoms with van der Waals surface area (Å²) in [6, 6.07) is 26.7. The molecule has 6 atom stereocenters. The number of allylic oxidation sites excluding steroid dienone is 2. The number of likely N-dealkylation sites (tertiary alicyclic amines) is 1. The van der Waals surface area contributed by atoms with E-state index in [1.807, 2.05) is 36.4 Å². The number of alkyl halides is 3. The number of rotatable bonds is 6. The fourth-order valence-corrected chi connectivity index (χ4v) is 10.0. The van der Waals surface area contributed by atoms with Crippen molar-refractivity contribution in [2.24, 2.45) is 23.7 Å². The molecule has 0 bridgehead atoms. The van der Waals surface area contributed by atoms with Gasteiger partial charge in [-0.1, -0.05) is 108 Å². The number of anilines is 1. The Kier molecular flexibility index (Phi) is 8.71. The summed E-state index contributed by atoms with van der Waals surface area (Å²) in [6.45, 7) is 0.0771. The van der Waals surface area contributed by atoms with Crippen LogP contribution in [0.1, 0.15) is 41.0 Å². The fourth-order valence-electron chi connectivity index (χ4n) is 9.67. The number of phenols is 1. The molecule has 5 aromatic rings. The van der Waals surface area contributed by atoms with Crippen molar-refractivity contribution in [1.29, 1.82) is 0 Å². The monoisotopic (exact) mass is 810 g/mol. The highest BCUT2D eigenvalue weighted by molar-refractivity contribution is 6.33. The van der Waals surface area contributed by atoms with E-state index in [1.54, 1.807) is 54.6 Å². The summed E-state index contributed by atoms with van der Waals surface area (Å²) < 4.78 is 40.6. The van der Waals surface area contributed by atoms with Crippen molar-refractivity contribution in [2.75, 3.05) is 5.43 Å². The van der Waals surface area contributed by atoms with E-state index in [2.05, 4.69) is 10.4 Å². The number of nitrogens with zero attached hydrogens (tertiary/aromatic N) is 3. The van der Waals surface area contributed by atoms with Crippen molar-refractivity contribution in [3.8, 4) is 5.75 Å². The van der Waals surface area contributed by atoms with E-state index >= 15 is 4.79 Å². The number of nitrogens with one attached hydrogen (secondary N) is 1. The topological polar surface area (TPSA) is 120 Å². The van der Waals surface area contributed by atoms with Crippen molar-refractivity contribution in [3.63, 3.8) is 0 Å². The average Bonchev–Trinajstić information content (AvgIpc) is 3.56. The van der Waals surface area contributed by atoms with E-state index in [0.29, 0.717) is 44.8 Å². The molecule has 4 aliphatic rings. The number of pyridine rings is 1. The Morgan fingerprint density at radius 3 is 2.25 bits per heavy atom. The smallest absolute Gasteiger partial charge is 0.417 e. The number of hydrogen-bond donors (Lipinski definition) is 2. The normalized spacial score (nSPS) is 25.7. The molecule has 0 spiro atoms. The van der Waals surface area contributed by atoms with Gasteiger partial charge in [0, 0.05) is 22.5 Å². The zero-order valence-electron chi connectivity index (χ0n) is 29.7. The van der Waals surface area contributed by atoms with E-state index in [4.69, 9.17) is 23.2 Å². The van der Waals surface area contributed by atoms with Crippen molar-refractivity contribution in [2.45, 2.75) is 36.9 Å². The lowest BCUT2D eigenvalue weighted by Crippen LogP contribution is -2.53. The van der Waals surface area contributed by atoms with Gasteiger partial charge in [0.1, 0.15) is 5.75 Å². The summed E-state index contributed by atoms with van der Waals surface area (Å²) in [5.41, 5.74) is 2.29. The van der Waals surface area contributed by atoms with Gasteiger partial charge in [-0.25, -0.2) is 4.98 Å². The number of carbonyl (C=O) groups excluding carboxylic acids is 4. The number of imide groups is 2. The van der Waals surface area contributed by atoms with Crippen LogP contribution >= 0.6 is 23.2 Å². The van der Waals surface area contributed by atoms with Crippen molar-refractivity contribution in [1.82, 2.24) is 14.9 Å². The first kappa shape index (κ1) is 36.9. The molecule has 1 saturated carbocycles. The molecule has 1 aromatic heterocycles. The van der Waals surface area contributed by atoms with Gasteiger partial charge in [-0.05, 0) is 65.1 Å². The quantitative estimate of drug-likeness (QED) is 0.131. The molecule has 2 N–H and O–H groups in total. The van der Waals surface area contributed by atoms with Crippen LogP contribution in [-0.4, -0.2) is 43.6 Å². The first-order valence-corrected chi connectivity index (χ1v) is 19.0. The molecule has 4 amide bonds. The van der Waals surface area contributed by atoms with Crippen molar-refractivity contribution in [3.05, 3.63) is 147 Å². The van der Waals surface area contributed by atoms with E-state index in [9.17, 15) is 32.7 Å². The molecule has 9 nitrogen and oxygen atoms in total. The number of amides is 4. The maximum atomic E-state index is 15.5. The maximum Gasteiger partial charge on any atom is 0.417 e. The molecule has 6 unspecified atom stereocenters. The third kappa shape index (κ3) is 5.63. The van der Waals surface area contributed by atoms with E-state index in [1.165, 1.54) is 11.0 Å². The molecule has 4 aromatic carbocycles. The molecule has 3 heterocycles. The molecular weight excluding hydrogens is 780 g/mol. The van der Waals surface area contributed by atoms with E-state index in [-0.39, 0.29) is 42.8 Å². The lowest BCUT2D eigenvalue weighted by molar-refractivity contribution is -0.142. The molecule has 288 valence electrons. The SMILES string of the molecule is O=C1C2CC=C3C(CC4C(=O)N(Nc5ncc(C(F)(F)F)cc5Cl)C(=O)C4(c4ccc(Cl)cc4)C3c3ccc(O)c4ccccc34)C2C(=O)N1Cc1ccccc1. The van der Waals surface area contributed by atoms with Gasteiger partial charge in [0.2, 0.25) is 11.8 Å². The van der Waals surface area contributed by atoms with Crippen LogP contribution in [-0.2, 0) is 37.3 Å². The minimum atomic E-state index is -4.75. The number of aromatic nitrogens is 1. The number of phenolic OH excluding ortho intramolecular Hbond substituents is 1. The predicted octanol–water partition coefficient (Wildman–Crippen LogP) is 8.45. The first-order valence-electron chi connectivity index (χ1n) is 18.2. The molecule has 2 saturated heterocycles. The lowest BCUT2D eigenvalue weighted by atomic mass is 9.49. The van der Waals surface area contributed by atoms with Crippen molar-refractivity contribution >= 4 is 63.4 Å². The number of aromatic hydroxyl groups is 1. The predicted molar refractivity (Wildman–Crippen MR) is 204 cm³/mol. The van der Waals surface area contributed by atoms with Gasteiger partial charge in [0.25, 0.3) is 11.8 Å². The highest BCUT2D eigenvalue weighted by Gasteiger charge is 2.70. The number of hydrogen-bond acceptors (Lipinski definition) is 7. The number of benzene rings is 4. The number of hydrazine groups is 1. The summed E-state index contributed by atoms with van der Waals surface area (Å²) in [7, 11) is 0. The van der Waals surface area contributed by atoms with Gasteiger partial charge in [0.05, 0.1) is 40.3 Å². The summed E-state index contributed by atoms with van der Waals surface area (Å²) in [5, 5.41) is 12.7. The molecule has 0 radical (unpaired) electrons. The summed E-state index contributed by atoms with van der Waals surface area (Å²) in [4.78, 5) is 64.2. The molecular formula is C43H31Cl2F3N4O5. The first-order chi connectivity index (χ1) is 27.3. The Labute approximate surface area is 333 Å². The molecule has 2 aliphatic carbocycles. The van der Waals surface area contributed by atoms with Crippen LogP contribution in [0.15, 0.2) is 115 Å².